The van der Waals surface area contributed by atoms with Gasteiger partial charge in [-0.25, -0.2) is 4.98 Å². The molecule has 2 aromatic heterocycles. The molecule has 22 heavy (non-hydrogen) atoms. The molecule has 0 bridgehead atoms. The lowest BCUT2D eigenvalue weighted by Gasteiger charge is -2.13. The van der Waals surface area contributed by atoms with Crippen molar-refractivity contribution in [2.24, 2.45) is 0 Å². The van der Waals surface area contributed by atoms with Crippen LogP contribution < -0.4 is 0 Å². The molecule has 0 amide bonds. The SMILES string of the molecule is O=[N+]([O-])c1ccoc1-c1cc(C(Cl)(Cl)Cl)nc2ccccc12. The molecule has 0 saturated carbocycles. The number of hydrogen-bond donors (Lipinski definition) is 0. The van der Waals surface area contributed by atoms with Crippen LogP contribution in [0.3, 0.4) is 0 Å². The van der Waals surface area contributed by atoms with E-state index in [1.807, 2.05) is 0 Å². The summed E-state index contributed by atoms with van der Waals surface area (Å²) < 4.78 is 3.54. The van der Waals surface area contributed by atoms with Crippen LogP contribution in [-0.2, 0) is 3.79 Å². The molecular weight excluding hydrogens is 351 g/mol. The molecule has 3 aromatic rings. The highest BCUT2D eigenvalue weighted by Crippen LogP contribution is 2.42. The highest BCUT2D eigenvalue weighted by molar-refractivity contribution is 6.66. The molecule has 0 aliphatic rings. The van der Waals surface area contributed by atoms with Crippen molar-refractivity contribution in [3.63, 3.8) is 0 Å². The summed E-state index contributed by atoms with van der Waals surface area (Å²) in [4.78, 5) is 14.9. The third-order valence-electron chi connectivity index (χ3n) is 3.09. The van der Waals surface area contributed by atoms with Crippen molar-refractivity contribution in [3.05, 3.63) is 58.5 Å². The quantitative estimate of drug-likeness (QED) is 0.358. The zero-order valence-electron chi connectivity index (χ0n) is 10.8. The average Bonchev–Trinajstić information content (AvgIpc) is 2.94. The molecule has 2 heterocycles. The lowest BCUT2D eigenvalue weighted by Crippen LogP contribution is -2.04. The average molecular weight is 358 g/mol. The van der Waals surface area contributed by atoms with Crippen molar-refractivity contribution in [2.75, 3.05) is 0 Å². The first kappa shape index (κ1) is 15.1. The van der Waals surface area contributed by atoms with Gasteiger partial charge in [-0.3, -0.25) is 10.1 Å². The van der Waals surface area contributed by atoms with E-state index in [9.17, 15) is 10.1 Å². The first-order valence-electron chi connectivity index (χ1n) is 6.07. The van der Waals surface area contributed by atoms with Crippen LogP contribution in [0.2, 0.25) is 0 Å². The molecule has 0 N–H and O–H groups in total. The highest BCUT2D eigenvalue weighted by Gasteiger charge is 2.28. The Labute approximate surface area is 139 Å². The Morgan fingerprint density at radius 3 is 2.59 bits per heavy atom. The molecule has 5 nitrogen and oxygen atoms in total. The number of aromatic nitrogens is 1. The van der Waals surface area contributed by atoms with E-state index in [1.165, 1.54) is 18.4 Å². The van der Waals surface area contributed by atoms with Crippen LogP contribution in [0.5, 0.6) is 0 Å². The first-order chi connectivity index (χ1) is 10.4. The summed E-state index contributed by atoms with van der Waals surface area (Å²) in [5.41, 5.74) is 0.999. The highest BCUT2D eigenvalue weighted by atomic mass is 35.6. The molecule has 0 aliphatic heterocycles. The van der Waals surface area contributed by atoms with Gasteiger partial charge in [0.05, 0.1) is 28.5 Å². The standard InChI is InChI=1S/C14H7Cl3N2O3/c15-14(16,17)12-7-9(8-3-1-2-4-10(8)18-12)13-11(19(20)21)5-6-22-13/h1-7H. The monoisotopic (exact) mass is 356 g/mol. The molecule has 0 aliphatic carbocycles. The Kier molecular flexibility index (Phi) is 3.72. The number of fused-ring (bicyclic) bond motifs is 1. The summed E-state index contributed by atoms with van der Waals surface area (Å²) in [5.74, 6) is 0.0964. The van der Waals surface area contributed by atoms with E-state index in [2.05, 4.69) is 4.98 Å². The van der Waals surface area contributed by atoms with E-state index in [-0.39, 0.29) is 17.1 Å². The second-order valence-corrected chi connectivity index (χ2v) is 6.74. The number of benzene rings is 1. The predicted molar refractivity (Wildman–Crippen MR) is 85.3 cm³/mol. The number of para-hydroxylation sites is 1. The van der Waals surface area contributed by atoms with Crippen molar-refractivity contribution >= 4 is 51.4 Å². The van der Waals surface area contributed by atoms with Crippen LogP contribution in [0.25, 0.3) is 22.2 Å². The number of pyridine rings is 1. The summed E-state index contributed by atoms with van der Waals surface area (Å²) in [6, 6.07) is 9.83. The smallest absolute Gasteiger partial charge is 0.315 e. The summed E-state index contributed by atoms with van der Waals surface area (Å²) in [6.07, 6.45) is 1.25. The maximum absolute atomic E-state index is 11.1. The van der Waals surface area contributed by atoms with Gasteiger partial charge in [0.1, 0.15) is 0 Å². The van der Waals surface area contributed by atoms with Crippen LogP contribution in [-0.4, -0.2) is 9.91 Å². The van der Waals surface area contributed by atoms with Crippen LogP contribution in [0.15, 0.2) is 47.1 Å². The van der Waals surface area contributed by atoms with Crippen molar-refractivity contribution < 1.29 is 9.34 Å². The lowest BCUT2D eigenvalue weighted by atomic mass is 10.0. The molecular formula is C14H7Cl3N2O3. The van der Waals surface area contributed by atoms with E-state index in [1.54, 1.807) is 24.3 Å². The molecule has 3 rings (SSSR count). The topological polar surface area (TPSA) is 69.2 Å². The van der Waals surface area contributed by atoms with Gasteiger partial charge in [-0.05, 0) is 12.1 Å². The van der Waals surface area contributed by atoms with Crippen LogP contribution >= 0.6 is 34.8 Å². The molecule has 0 atom stereocenters. The zero-order valence-corrected chi connectivity index (χ0v) is 13.1. The second-order valence-electron chi connectivity index (χ2n) is 4.46. The number of nitro groups is 1. The van der Waals surface area contributed by atoms with Crippen molar-refractivity contribution in [1.29, 1.82) is 0 Å². The zero-order chi connectivity index (χ0) is 15.9. The van der Waals surface area contributed by atoms with Gasteiger partial charge < -0.3 is 4.42 Å². The molecule has 0 saturated heterocycles. The van der Waals surface area contributed by atoms with Gasteiger partial charge in [0.2, 0.25) is 9.55 Å². The van der Waals surface area contributed by atoms with Gasteiger partial charge in [-0.2, -0.15) is 0 Å². The summed E-state index contributed by atoms with van der Waals surface area (Å²) in [7, 11) is 0. The second kappa shape index (κ2) is 5.43. The molecule has 0 spiro atoms. The van der Waals surface area contributed by atoms with Crippen LogP contribution in [0, 0.1) is 10.1 Å². The Hall–Kier alpha value is -1.82. The van der Waals surface area contributed by atoms with Gasteiger partial charge >= 0.3 is 5.69 Å². The Balaban J connectivity index is 2.36. The maximum Gasteiger partial charge on any atom is 0.315 e. The molecule has 8 heteroatoms. The van der Waals surface area contributed by atoms with Gasteiger partial charge in [0, 0.05) is 10.9 Å². The van der Waals surface area contributed by atoms with Gasteiger partial charge in [0.25, 0.3) is 0 Å². The molecule has 1 aromatic carbocycles. The summed E-state index contributed by atoms with van der Waals surface area (Å²) in [5, 5.41) is 11.8. The number of rotatable bonds is 2. The molecule has 112 valence electrons. The van der Waals surface area contributed by atoms with Crippen LogP contribution in [0.4, 0.5) is 5.69 Å². The fraction of sp³-hybridized carbons (Fsp3) is 0.0714. The third kappa shape index (κ3) is 2.63. The number of halogens is 3. The Morgan fingerprint density at radius 1 is 1.18 bits per heavy atom. The van der Waals surface area contributed by atoms with Gasteiger partial charge in [0.15, 0.2) is 0 Å². The summed E-state index contributed by atoms with van der Waals surface area (Å²) >= 11 is 17.7. The fourth-order valence-corrected chi connectivity index (χ4v) is 2.45. The van der Waals surface area contributed by atoms with Crippen molar-refractivity contribution in [1.82, 2.24) is 4.98 Å². The minimum absolute atomic E-state index is 0.0964. The van der Waals surface area contributed by atoms with Crippen molar-refractivity contribution in [3.8, 4) is 11.3 Å². The van der Waals surface area contributed by atoms with E-state index in [0.29, 0.717) is 16.5 Å². The first-order valence-corrected chi connectivity index (χ1v) is 7.20. The van der Waals surface area contributed by atoms with Crippen LogP contribution in [0.1, 0.15) is 5.69 Å². The minimum Gasteiger partial charge on any atom is -0.457 e. The van der Waals surface area contributed by atoms with E-state index >= 15 is 0 Å². The molecule has 0 fully saturated rings. The predicted octanol–water partition coefficient (Wildman–Crippen LogP) is 5.23. The maximum atomic E-state index is 11.1. The normalized spacial score (nSPS) is 11.8. The Morgan fingerprint density at radius 2 is 1.91 bits per heavy atom. The number of nitrogens with zero attached hydrogens (tertiary/aromatic N) is 2. The third-order valence-corrected chi connectivity index (χ3v) is 3.67. The number of alkyl halides is 3. The van der Waals surface area contributed by atoms with Crippen molar-refractivity contribution in [2.45, 2.75) is 3.79 Å². The fourth-order valence-electron chi connectivity index (χ4n) is 2.16. The van der Waals surface area contributed by atoms with E-state index < -0.39 is 8.72 Å². The number of hydrogen-bond acceptors (Lipinski definition) is 4. The largest absolute Gasteiger partial charge is 0.457 e. The molecule has 0 radical (unpaired) electrons. The lowest BCUT2D eigenvalue weighted by molar-refractivity contribution is -0.384. The summed E-state index contributed by atoms with van der Waals surface area (Å²) in [6.45, 7) is 0. The Bertz CT molecular complexity index is 871. The molecule has 0 unspecified atom stereocenters. The van der Waals surface area contributed by atoms with E-state index in [0.717, 1.165) is 0 Å². The van der Waals surface area contributed by atoms with E-state index in [4.69, 9.17) is 39.2 Å². The van der Waals surface area contributed by atoms with Gasteiger partial charge in [-0.1, -0.05) is 53.0 Å². The minimum atomic E-state index is -1.75. The van der Waals surface area contributed by atoms with Gasteiger partial charge in [-0.15, -0.1) is 0 Å². The number of furan rings is 1.